The minimum atomic E-state index is -0.441. The van der Waals surface area contributed by atoms with Gasteiger partial charge in [0.25, 0.3) is 5.56 Å². The lowest BCUT2D eigenvalue weighted by Gasteiger charge is -2.22. The van der Waals surface area contributed by atoms with E-state index in [4.69, 9.17) is 0 Å². The fourth-order valence-corrected chi connectivity index (χ4v) is 3.42. The van der Waals surface area contributed by atoms with Crippen molar-refractivity contribution in [3.63, 3.8) is 0 Å². The molecule has 3 heterocycles. The Kier molecular flexibility index (Phi) is 3.52. The van der Waals surface area contributed by atoms with Gasteiger partial charge in [0.2, 0.25) is 5.95 Å². The number of hydrogen-bond donors (Lipinski definition) is 1. The van der Waals surface area contributed by atoms with Crippen molar-refractivity contribution >= 4 is 22.8 Å². The summed E-state index contributed by atoms with van der Waals surface area (Å²) in [5.74, 6) is 0.724. The van der Waals surface area contributed by atoms with E-state index in [1.165, 1.54) is 15.7 Å². The first kappa shape index (κ1) is 15.7. The Morgan fingerprint density at radius 2 is 1.84 bits per heavy atom. The minimum Gasteiger partial charge on any atom is -0.312 e. The van der Waals surface area contributed by atoms with E-state index in [2.05, 4.69) is 46.9 Å². The number of nitrogens with zero attached hydrogens (tertiary/aromatic N) is 4. The van der Waals surface area contributed by atoms with Crippen LogP contribution in [0.25, 0.3) is 11.2 Å². The van der Waals surface area contributed by atoms with Gasteiger partial charge >= 0.3 is 5.69 Å². The van der Waals surface area contributed by atoms with E-state index in [1.807, 2.05) is 4.57 Å². The van der Waals surface area contributed by atoms with E-state index in [0.717, 1.165) is 31.0 Å². The third-order valence-corrected chi connectivity index (χ3v) is 5.04. The molecule has 0 spiro atoms. The largest absolute Gasteiger partial charge is 0.329 e. The quantitative estimate of drug-likeness (QED) is 0.735. The normalized spacial score (nSPS) is 14.6. The number of aromatic amines is 1. The molecule has 0 fully saturated rings. The first-order valence-electron chi connectivity index (χ1n) is 8.51. The molecule has 0 radical (unpaired) electrons. The number of rotatable bonds is 1. The monoisotopic (exact) mass is 339 g/mol. The Morgan fingerprint density at radius 1 is 1.08 bits per heavy atom. The number of anilines is 2. The average Bonchev–Trinajstić information content (AvgIpc) is 2.84. The standard InChI is InChI=1S/C18H21N5O2/c1-11-6-7-13(10-12(11)2)22-8-4-5-9-23-14-15(19-17(22)23)21(3)18(25)20-16(14)24/h6-7,10H,4-5,8-9H2,1-3H3,(H,20,24,25). The molecule has 0 atom stereocenters. The van der Waals surface area contributed by atoms with Crippen LogP contribution in [0.15, 0.2) is 27.8 Å². The van der Waals surface area contributed by atoms with Crippen LogP contribution < -0.4 is 16.1 Å². The van der Waals surface area contributed by atoms with Gasteiger partial charge in [0, 0.05) is 25.8 Å². The second-order valence-corrected chi connectivity index (χ2v) is 6.68. The molecule has 4 rings (SSSR count). The number of benzene rings is 1. The molecular formula is C18H21N5O2. The molecule has 7 nitrogen and oxygen atoms in total. The molecule has 3 aromatic rings. The van der Waals surface area contributed by atoms with E-state index in [1.54, 1.807) is 7.05 Å². The molecule has 130 valence electrons. The van der Waals surface area contributed by atoms with Gasteiger partial charge in [-0.05, 0) is 49.9 Å². The third kappa shape index (κ3) is 2.38. The van der Waals surface area contributed by atoms with Gasteiger partial charge < -0.3 is 9.47 Å². The SMILES string of the molecule is Cc1ccc(N2CCCCn3c2nc2c3c(=O)[nH]c(=O)n2C)cc1C. The molecule has 2 aromatic heterocycles. The van der Waals surface area contributed by atoms with Crippen LogP contribution in [0.1, 0.15) is 24.0 Å². The summed E-state index contributed by atoms with van der Waals surface area (Å²) < 4.78 is 3.34. The average molecular weight is 339 g/mol. The van der Waals surface area contributed by atoms with Crippen molar-refractivity contribution in [2.24, 2.45) is 7.05 Å². The van der Waals surface area contributed by atoms with E-state index in [-0.39, 0.29) is 5.56 Å². The van der Waals surface area contributed by atoms with Crippen LogP contribution in [-0.2, 0) is 13.6 Å². The Balaban J connectivity index is 2.00. The summed E-state index contributed by atoms with van der Waals surface area (Å²) in [4.78, 5) is 33.5. The van der Waals surface area contributed by atoms with Gasteiger partial charge in [-0.2, -0.15) is 4.98 Å². The molecule has 0 bridgehead atoms. The van der Waals surface area contributed by atoms with Gasteiger partial charge in [-0.15, -0.1) is 0 Å². The first-order valence-corrected chi connectivity index (χ1v) is 8.51. The van der Waals surface area contributed by atoms with Crippen molar-refractivity contribution in [3.05, 3.63) is 50.2 Å². The first-order chi connectivity index (χ1) is 12.0. The maximum absolute atomic E-state index is 12.4. The zero-order valence-electron chi connectivity index (χ0n) is 14.7. The Labute approximate surface area is 144 Å². The molecule has 25 heavy (non-hydrogen) atoms. The predicted molar refractivity (Wildman–Crippen MR) is 97.8 cm³/mol. The minimum absolute atomic E-state index is 0.376. The molecule has 7 heteroatoms. The van der Waals surface area contributed by atoms with Gasteiger partial charge in [0.15, 0.2) is 11.2 Å². The zero-order valence-corrected chi connectivity index (χ0v) is 14.7. The van der Waals surface area contributed by atoms with Crippen molar-refractivity contribution in [2.75, 3.05) is 11.4 Å². The van der Waals surface area contributed by atoms with Crippen molar-refractivity contribution in [3.8, 4) is 0 Å². The number of aromatic nitrogens is 4. The van der Waals surface area contributed by atoms with Crippen LogP contribution in [0, 0.1) is 13.8 Å². The third-order valence-electron chi connectivity index (χ3n) is 5.04. The van der Waals surface area contributed by atoms with Gasteiger partial charge in [-0.1, -0.05) is 6.07 Å². The second-order valence-electron chi connectivity index (χ2n) is 6.68. The topological polar surface area (TPSA) is 75.9 Å². The lowest BCUT2D eigenvalue weighted by molar-refractivity contribution is 0.665. The van der Waals surface area contributed by atoms with Crippen molar-refractivity contribution < 1.29 is 0 Å². The number of aryl methyl sites for hydroxylation is 4. The number of fused-ring (bicyclic) bond motifs is 3. The zero-order chi connectivity index (χ0) is 17.7. The van der Waals surface area contributed by atoms with Crippen LogP contribution in [0.2, 0.25) is 0 Å². The maximum Gasteiger partial charge on any atom is 0.329 e. The lowest BCUT2D eigenvalue weighted by atomic mass is 10.1. The maximum atomic E-state index is 12.4. The molecule has 1 aliphatic rings. The molecule has 0 saturated carbocycles. The Bertz CT molecular complexity index is 1090. The number of nitrogens with one attached hydrogen (secondary N) is 1. The van der Waals surface area contributed by atoms with E-state index < -0.39 is 5.69 Å². The van der Waals surface area contributed by atoms with Gasteiger partial charge in [0.05, 0.1) is 0 Å². The lowest BCUT2D eigenvalue weighted by Crippen LogP contribution is -2.29. The fourth-order valence-electron chi connectivity index (χ4n) is 3.42. The molecule has 1 aromatic carbocycles. The highest BCUT2D eigenvalue weighted by Crippen LogP contribution is 2.31. The van der Waals surface area contributed by atoms with Gasteiger partial charge in [-0.3, -0.25) is 14.3 Å². The highest BCUT2D eigenvalue weighted by atomic mass is 16.2. The van der Waals surface area contributed by atoms with Crippen molar-refractivity contribution in [2.45, 2.75) is 33.2 Å². The summed E-state index contributed by atoms with van der Waals surface area (Å²) in [6.07, 6.45) is 1.98. The Morgan fingerprint density at radius 3 is 2.60 bits per heavy atom. The van der Waals surface area contributed by atoms with Crippen LogP contribution in [-0.4, -0.2) is 25.6 Å². The van der Waals surface area contributed by atoms with Gasteiger partial charge in [0.1, 0.15) is 0 Å². The second kappa shape index (κ2) is 5.61. The number of H-pyrrole nitrogens is 1. The van der Waals surface area contributed by atoms with E-state index >= 15 is 0 Å². The molecule has 1 aliphatic heterocycles. The highest BCUT2D eigenvalue weighted by Gasteiger charge is 2.24. The summed E-state index contributed by atoms with van der Waals surface area (Å²) in [5, 5.41) is 0. The molecule has 0 saturated heterocycles. The number of hydrogen-bond acceptors (Lipinski definition) is 4. The van der Waals surface area contributed by atoms with Crippen molar-refractivity contribution in [1.29, 1.82) is 0 Å². The summed E-state index contributed by atoms with van der Waals surface area (Å²) in [7, 11) is 1.63. The molecular weight excluding hydrogens is 318 g/mol. The van der Waals surface area contributed by atoms with Crippen LogP contribution in [0.4, 0.5) is 11.6 Å². The summed E-state index contributed by atoms with van der Waals surface area (Å²) in [5.41, 5.74) is 3.60. The van der Waals surface area contributed by atoms with Crippen LogP contribution >= 0.6 is 0 Å². The van der Waals surface area contributed by atoms with Crippen LogP contribution in [0.5, 0.6) is 0 Å². The highest BCUT2D eigenvalue weighted by molar-refractivity contribution is 5.76. The molecule has 0 aliphatic carbocycles. The van der Waals surface area contributed by atoms with Crippen molar-refractivity contribution in [1.82, 2.24) is 19.1 Å². The fraction of sp³-hybridized carbons (Fsp3) is 0.389. The smallest absolute Gasteiger partial charge is 0.312 e. The van der Waals surface area contributed by atoms with E-state index in [0.29, 0.717) is 17.7 Å². The summed E-state index contributed by atoms with van der Waals surface area (Å²) in [6, 6.07) is 6.33. The molecule has 0 unspecified atom stereocenters. The Hall–Kier alpha value is -2.83. The molecule has 1 N–H and O–H groups in total. The van der Waals surface area contributed by atoms with Gasteiger partial charge in [-0.25, -0.2) is 4.79 Å². The van der Waals surface area contributed by atoms with Crippen LogP contribution in [0.3, 0.4) is 0 Å². The molecule has 0 amide bonds. The summed E-state index contributed by atoms with van der Waals surface area (Å²) >= 11 is 0. The summed E-state index contributed by atoms with van der Waals surface area (Å²) in [6.45, 7) is 5.73. The predicted octanol–water partition coefficient (Wildman–Crippen LogP) is 1.97. The number of imidazole rings is 1. The van der Waals surface area contributed by atoms with E-state index in [9.17, 15) is 9.59 Å².